The number of ether oxygens (including phenoxy) is 1. The van der Waals surface area contributed by atoms with Gasteiger partial charge in [-0.05, 0) is 68.6 Å². The van der Waals surface area contributed by atoms with E-state index in [0.29, 0.717) is 35.4 Å². The molecular weight excluding hydrogens is 462 g/mol. The average molecular weight is 496 g/mol. The van der Waals surface area contributed by atoms with Crippen LogP contribution in [-0.2, 0) is 17.8 Å². The zero-order chi connectivity index (χ0) is 24.2. The first-order valence-corrected chi connectivity index (χ1v) is 13.3. The number of carbonyl (C=O) groups is 2. The molecule has 186 valence electrons. The molecule has 6 nitrogen and oxygen atoms in total. The Hall–Kier alpha value is -2.57. The third-order valence-electron chi connectivity index (χ3n) is 7.56. The molecule has 1 saturated heterocycles. The average Bonchev–Trinajstić information content (AvgIpc) is 3.36. The zero-order valence-corrected chi connectivity index (χ0v) is 20.9. The van der Waals surface area contributed by atoms with E-state index >= 15 is 0 Å². The Labute approximate surface area is 212 Å². The summed E-state index contributed by atoms with van der Waals surface area (Å²) in [5, 5.41) is 6.88. The summed E-state index contributed by atoms with van der Waals surface area (Å²) in [6.07, 6.45) is 8.52. The van der Waals surface area contributed by atoms with Gasteiger partial charge in [0.05, 0.1) is 11.6 Å². The molecule has 3 aliphatic rings. The fourth-order valence-electron chi connectivity index (χ4n) is 5.59. The van der Waals surface area contributed by atoms with E-state index in [1.807, 2.05) is 18.2 Å². The summed E-state index contributed by atoms with van der Waals surface area (Å²) in [5.74, 6) is 0.860. The second-order valence-electron chi connectivity index (χ2n) is 10.0. The lowest BCUT2D eigenvalue weighted by molar-refractivity contribution is -0.127. The summed E-state index contributed by atoms with van der Waals surface area (Å²) in [6, 6.07) is 11.9. The summed E-state index contributed by atoms with van der Waals surface area (Å²) in [5.41, 5.74) is 3.41. The van der Waals surface area contributed by atoms with Gasteiger partial charge in [0, 0.05) is 41.7 Å². The van der Waals surface area contributed by atoms with Crippen molar-refractivity contribution in [3.63, 3.8) is 0 Å². The molecule has 2 aromatic rings. The van der Waals surface area contributed by atoms with Crippen molar-refractivity contribution >= 4 is 29.1 Å². The topological polar surface area (TPSA) is 70.7 Å². The van der Waals surface area contributed by atoms with Crippen molar-refractivity contribution in [2.75, 3.05) is 25.0 Å². The van der Waals surface area contributed by atoms with Crippen molar-refractivity contribution in [3.8, 4) is 5.75 Å². The standard InChI is InChI=1S/C28H34ClN3O3/c29-25-10-9-24(23-13-16-35-26(23)25)28(34)31-22-8-4-5-19(17-22)18-32-14-11-20(12-15-32)27(33)30-21-6-2-1-3-7-21/h4-5,8-10,17,20-21H,1-3,6-7,11-16,18H2,(H,30,33)(H,31,34). The smallest absolute Gasteiger partial charge is 0.256 e. The minimum atomic E-state index is -0.148. The molecule has 0 unspecified atom stereocenters. The number of anilines is 1. The van der Waals surface area contributed by atoms with Crippen LogP contribution in [0.4, 0.5) is 5.69 Å². The van der Waals surface area contributed by atoms with Crippen molar-refractivity contribution in [1.29, 1.82) is 0 Å². The van der Waals surface area contributed by atoms with Crippen LogP contribution in [0.1, 0.15) is 66.4 Å². The maximum Gasteiger partial charge on any atom is 0.256 e. The molecule has 2 fully saturated rings. The Morgan fingerprint density at radius 2 is 1.83 bits per heavy atom. The highest BCUT2D eigenvalue weighted by atomic mass is 35.5. The van der Waals surface area contributed by atoms with E-state index in [4.69, 9.17) is 16.3 Å². The van der Waals surface area contributed by atoms with Gasteiger partial charge in [0.2, 0.25) is 5.91 Å². The molecular formula is C28H34ClN3O3. The first kappa shape index (κ1) is 24.1. The molecule has 1 aliphatic carbocycles. The first-order chi connectivity index (χ1) is 17.1. The van der Waals surface area contributed by atoms with Gasteiger partial charge >= 0.3 is 0 Å². The van der Waals surface area contributed by atoms with Gasteiger partial charge in [-0.25, -0.2) is 0 Å². The zero-order valence-electron chi connectivity index (χ0n) is 20.2. The van der Waals surface area contributed by atoms with Crippen molar-refractivity contribution in [2.45, 2.75) is 64.0 Å². The van der Waals surface area contributed by atoms with E-state index in [1.54, 1.807) is 12.1 Å². The number of piperidine rings is 1. The fraction of sp³-hybridized carbons (Fsp3) is 0.500. The number of rotatable bonds is 6. The molecule has 2 heterocycles. The van der Waals surface area contributed by atoms with E-state index in [-0.39, 0.29) is 17.7 Å². The molecule has 2 aromatic carbocycles. The maximum atomic E-state index is 13.0. The Kier molecular flexibility index (Phi) is 7.59. The van der Waals surface area contributed by atoms with Gasteiger partial charge in [0.15, 0.2) is 0 Å². The summed E-state index contributed by atoms with van der Waals surface area (Å²) in [6.45, 7) is 3.19. The SMILES string of the molecule is O=C(Nc1cccc(CN2CCC(C(=O)NC3CCCCC3)CC2)c1)c1ccc(Cl)c2c1CCO2. The monoisotopic (exact) mass is 495 g/mol. The van der Waals surface area contributed by atoms with Crippen LogP contribution in [0.15, 0.2) is 36.4 Å². The number of amides is 2. The number of carbonyl (C=O) groups excluding carboxylic acids is 2. The Morgan fingerprint density at radius 3 is 2.63 bits per heavy atom. The van der Waals surface area contributed by atoms with Crippen LogP contribution < -0.4 is 15.4 Å². The van der Waals surface area contributed by atoms with Crippen LogP contribution in [0, 0.1) is 5.92 Å². The van der Waals surface area contributed by atoms with Crippen LogP contribution in [0.3, 0.4) is 0 Å². The third kappa shape index (κ3) is 5.81. The molecule has 0 bridgehead atoms. The number of halogens is 1. The molecule has 1 saturated carbocycles. The van der Waals surface area contributed by atoms with Crippen molar-refractivity contribution in [2.24, 2.45) is 5.92 Å². The number of hydrogen-bond donors (Lipinski definition) is 2. The van der Waals surface area contributed by atoms with Gasteiger partial charge in [-0.15, -0.1) is 0 Å². The van der Waals surface area contributed by atoms with E-state index in [0.717, 1.165) is 62.1 Å². The van der Waals surface area contributed by atoms with Crippen LogP contribution in [0.2, 0.25) is 5.02 Å². The molecule has 2 amide bonds. The quantitative estimate of drug-likeness (QED) is 0.578. The van der Waals surface area contributed by atoms with Crippen LogP contribution in [0.5, 0.6) is 5.75 Å². The van der Waals surface area contributed by atoms with Crippen LogP contribution in [0.25, 0.3) is 0 Å². The molecule has 0 spiro atoms. The molecule has 2 N–H and O–H groups in total. The van der Waals surface area contributed by atoms with E-state index < -0.39 is 0 Å². The van der Waals surface area contributed by atoms with Gasteiger partial charge in [-0.3, -0.25) is 14.5 Å². The lowest BCUT2D eigenvalue weighted by Gasteiger charge is -2.32. The lowest BCUT2D eigenvalue weighted by atomic mass is 9.92. The Bertz CT molecular complexity index is 1080. The summed E-state index contributed by atoms with van der Waals surface area (Å²) in [7, 11) is 0. The summed E-state index contributed by atoms with van der Waals surface area (Å²) in [4.78, 5) is 28.1. The molecule has 7 heteroatoms. The highest BCUT2D eigenvalue weighted by Gasteiger charge is 2.27. The number of nitrogens with one attached hydrogen (secondary N) is 2. The van der Waals surface area contributed by atoms with Gasteiger partial charge in [0.1, 0.15) is 5.75 Å². The molecule has 5 rings (SSSR count). The van der Waals surface area contributed by atoms with Crippen molar-refractivity contribution < 1.29 is 14.3 Å². The summed E-state index contributed by atoms with van der Waals surface area (Å²) >= 11 is 6.21. The molecule has 35 heavy (non-hydrogen) atoms. The van der Waals surface area contributed by atoms with Gasteiger partial charge < -0.3 is 15.4 Å². The predicted octanol–water partition coefficient (Wildman–Crippen LogP) is 5.19. The summed E-state index contributed by atoms with van der Waals surface area (Å²) < 4.78 is 5.59. The largest absolute Gasteiger partial charge is 0.491 e. The van der Waals surface area contributed by atoms with Gasteiger partial charge in [-0.2, -0.15) is 0 Å². The Balaban J connectivity index is 1.14. The number of likely N-dealkylation sites (tertiary alicyclic amines) is 1. The van der Waals surface area contributed by atoms with Crippen molar-refractivity contribution in [3.05, 3.63) is 58.1 Å². The van der Waals surface area contributed by atoms with Crippen molar-refractivity contribution in [1.82, 2.24) is 10.2 Å². The highest BCUT2D eigenvalue weighted by Crippen LogP contribution is 2.36. The predicted molar refractivity (Wildman–Crippen MR) is 138 cm³/mol. The number of nitrogens with zero attached hydrogens (tertiary/aromatic N) is 1. The number of benzene rings is 2. The molecule has 0 atom stereocenters. The minimum absolute atomic E-state index is 0.129. The third-order valence-corrected chi connectivity index (χ3v) is 7.85. The van der Waals surface area contributed by atoms with Gasteiger partial charge in [-0.1, -0.05) is 43.0 Å². The lowest BCUT2D eigenvalue weighted by Crippen LogP contribution is -2.44. The van der Waals surface area contributed by atoms with E-state index in [1.165, 1.54) is 19.3 Å². The molecule has 0 radical (unpaired) electrons. The number of fused-ring (bicyclic) bond motifs is 1. The normalized spacial score (nSPS) is 19.1. The molecule has 2 aliphatic heterocycles. The van der Waals surface area contributed by atoms with E-state index in [9.17, 15) is 9.59 Å². The second-order valence-corrected chi connectivity index (χ2v) is 10.5. The van der Waals surface area contributed by atoms with E-state index in [2.05, 4.69) is 21.6 Å². The highest BCUT2D eigenvalue weighted by molar-refractivity contribution is 6.32. The maximum absolute atomic E-state index is 13.0. The Morgan fingerprint density at radius 1 is 1.03 bits per heavy atom. The van der Waals surface area contributed by atoms with Crippen LogP contribution >= 0.6 is 11.6 Å². The second kappa shape index (κ2) is 11.0. The fourth-order valence-corrected chi connectivity index (χ4v) is 5.83. The van der Waals surface area contributed by atoms with Crippen LogP contribution in [-0.4, -0.2) is 42.5 Å². The van der Waals surface area contributed by atoms with Gasteiger partial charge in [0.25, 0.3) is 5.91 Å². The molecule has 0 aromatic heterocycles. The number of hydrogen-bond acceptors (Lipinski definition) is 4. The minimum Gasteiger partial charge on any atom is -0.491 e. The first-order valence-electron chi connectivity index (χ1n) is 12.9.